The number of alkyl carbamates (subject to hydrolysis) is 1. The van der Waals surface area contributed by atoms with Gasteiger partial charge in [0.1, 0.15) is 12.2 Å². The van der Waals surface area contributed by atoms with Gasteiger partial charge in [0, 0.05) is 12.2 Å². The van der Waals surface area contributed by atoms with Gasteiger partial charge in [0.05, 0.1) is 6.04 Å². The standard InChI is InChI=1S/C18H27N3O5/c1-18(2,3)26-17(24)20-9-5-8-15(19)16(23)21-14-7-4-6-13(10-14)11-25-12-22/h4,6-7,10,12,15H,5,8-9,11,19H2,1-3H3,(H,20,24)(H,21,23)/t15-/m1/s1. The Morgan fingerprint density at radius 1 is 1.31 bits per heavy atom. The molecule has 0 saturated carbocycles. The first kappa shape index (κ1) is 21.4. The van der Waals surface area contributed by atoms with Crippen molar-refractivity contribution in [1.29, 1.82) is 0 Å². The Hall–Kier alpha value is -2.61. The van der Waals surface area contributed by atoms with E-state index in [0.29, 0.717) is 31.5 Å². The highest BCUT2D eigenvalue weighted by Crippen LogP contribution is 2.12. The maximum absolute atomic E-state index is 12.1. The van der Waals surface area contributed by atoms with Crippen molar-refractivity contribution in [3.05, 3.63) is 29.8 Å². The third kappa shape index (κ3) is 9.03. The average Bonchev–Trinajstić information content (AvgIpc) is 2.55. The SMILES string of the molecule is CC(C)(C)OC(=O)NCCC[C@@H](N)C(=O)Nc1cccc(COC=O)c1. The van der Waals surface area contributed by atoms with E-state index in [9.17, 15) is 14.4 Å². The molecule has 0 aliphatic heterocycles. The molecular formula is C18H27N3O5. The van der Waals surface area contributed by atoms with Crippen molar-refractivity contribution < 1.29 is 23.9 Å². The molecule has 8 heteroatoms. The van der Waals surface area contributed by atoms with Crippen LogP contribution < -0.4 is 16.4 Å². The molecule has 1 rings (SSSR count). The van der Waals surface area contributed by atoms with Gasteiger partial charge < -0.3 is 25.8 Å². The minimum absolute atomic E-state index is 0.135. The Kier molecular flexibility index (Phi) is 8.57. The number of carbonyl (C=O) groups excluding carboxylic acids is 3. The monoisotopic (exact) mass is 365 g/mol. The van der Waals surface area contributed by atoms with E-state index in [2.05, 4.69) is 15.4 Å². The molecule has 0 spiro atoms. The van der Waals surface area contributed by atoms with Gasteiger partial charge in [-0.3, -0.25) is 9.59 Å². The van der Waals surface area contributed by atoms with E-state index in [1.165, 1.54) is 0 Å². The average molecular weight is 365 g/mol. The summed E-state index contributed by atoms with van der Waals surface area (Å²) in [5.41, 5.74) is 6.65. The quantitative estimate of drug-likeness (QED) is 0.454. The van der Waals surface area contributed by atoms with Crippen LogP contribution in [-0.4, -0.2) is 36.7 Å². The lowest BCUT2D eigenvalue weighted by Crippen LogP contribution is -2.37. The van der Waals surface area contributed by atoms with Crippen LogP contribution in [0.2, 0.25) is 0 Å². The first-order chi connectivity index (χ1) is 12.2. The summed E-state index contributed by atoms with van der Waals surface area (Å²) >= 11 is 0. The van der Waals surface area contributed by atoms with Crippen molar-refractivity contribution in [2.24, 2.45) is 5.73 Å². The molecule has 2 amide bonds. The molecule has 0 bridgehead atoms. The molecule has 1 aromatic rings. The van der Waals surface area contributed by atoms with Crippen LogP contribution in [0.1, 0.15) is 39.2 Å². The van der Waals surface area contributed by atoms with Crippen LogP contribution in [0.15, 0.2) is 24.3 Å². The summed E-state index contributed by atoms with van der Waals surface area (Å²) in [6.45, 7) is 6.23. The predicted molar refractivity (Wildman–Crippen MR) is 97.4 cm³/mol. The molecule has 0 aromatic heterocycles. The van der Waals surface area contributed by atoms with Gasteiger partial charge >= 0.3 is 6.09 Å². The Balaban J connectivity index is 2.34. The molecule has 26 heavy (non-hydrogen) atoms. The fraction of sp³-hybridized carbons (Fsp3) is 0.500. The number of nitrogens with one attached hydrogen (secondary N) is 2. The zero-order valence-corrected chi connectivity index (χ0v) is 15.4. The highest BCUT2D eigenvalue weighted by atomic mass is 16.6. The number of nitrogens with two attached hydrogens (primary N) is 1. The van der Waals surface area contributed by atoms with Gasteiger partial charge in [-0.15, -0.1) is 0 Å². The Morgan fingerprint density at radius 2 is 2.04 bits per heavy atom. The van der Waals surface area contributed by atoms with Crippen LogP contribution >= 0.6 is 0 Å². The van der Waals surface area contributed by atoms with E-state index in [1.54, 1.807) is 45.0 Å². The van der Waals surface area contributed by atoms with E-state index in [-0.39, 0.29) is 12.5 Å². The van der Waals surface area contributed by atoms with Gasteiger partial charge in [-0.1, -0.05) is 12.1 Å². The van der Waals surface area contributed by atoms with Gasteiger partial charge in [-0.2, -0.15) is 0 Å². The van der Waals surface area contributed by atoms with Crippen molar-refractivity contribution in [3.63, 3.8) is 0 Å². The molecule has 1 atom stereocenters. The maximum Gasteiger partial charge on any atom is 0.407 e. The number of hydrogen-bond donors (Lipinski definition) is 3. The topological polar surface area (TPSA) is 120 Å². The number of carbonyl (C=O) groups is 3. The van der Waals surface area contributed by atoms with Crippen molar-refractivity contribution >= 4 is 24.2 Å². The number of amides is 2. The summed E-state index contributed by atoms with van der Waals surface area (Å²) in [4.78, 5) is 33.9. The highest BCUT2D eigenvalue weighted by molar-refractivity contribution is 5.94. The Labute approximate surface area is 153 Å². The Morgan fingerprint density at radius 3 is 2.69 bits per heavy atom. The van der Waals surface area contributed by atoms with E-state index in [1.807, 2.05) is 0 Å². The van der Waals surface area contributed by atoms with Crippen LogP contribution in [0.25, 0.3) is 0 Å². The lowest BCUT2D eigenvalue weighted by molar-refractivity contribution is -0.129. The third-order valence-corrected chi connectivity index (χ3v) is 3.21. The van der Waals surface area contributed by atoms with Crippen LogP contribution in [0.5, 0.6) is 0 Å². The van der Waals surface area contributed by atoms with Crippen molar-refractivity contribution in [2.75, 3.05) is 11.9 Å². The summed E-state index contributed by atoms with van der Waals surface area (Å²) in [7, 11) is 0. The molecule has 0 aliphatic carbocycles. The summed E-state index contributed by atoms with van der Waals surface area (Å²) in [6, 6.07) is 6.25. The van der Waals surface area contributed by atoms with Crippen molar-refractivity contribution in [1.82, 2.24) is 5.32 Å². The fourth-order valence-corrected chi connectivity index (χ4v) is 2.06. The molecule has 0 unspecified atom stereocenters. The first-order valence-electron chi connectivity index (χ1n) is 8.39. The van der Waals surface area contributed by atoms with Crippen LogP contribution in [0, 0.1) is 0 Å². The predicted octanol–water partition coefficient (Wildman–Crippen LogP) is 1.93. The van der Waals surface area contributed by atoms with Gasteiger partial charge in [0.2, 0.25) is 5.91 Å². The smallest absolute Gasteiger partial charge is 0.407 e. The lowest BCUT2D eigenvalue weighted by Gasteiger charge is -2.19. The number of ether oxygens (including phenoxy) is 2. The fourth-order valence-electron chi connectivity index (χ4n) is 2.06. The minimum atomic E-state index is -0.703. The highest BCUT2D eigenvalue weighted by Gasteiger charge is 2.16. The molecule has 0 aliphatic rings. The zero-order valence-electron chi connectivity index (χ0n) is 15.4. The molecule has 1 aromatic carbocycles. The minimum Gasteiger partial charge on any atom is -0.463 e. The summed E-state index contributed by atoms with van der Waals surface area (Å²) < 4.78 is 9.80. The number of benzene rings is 1. The van der Waals surface area contributed by atoms with E-state index in [0.717, 1.165) is 5.56 Å². The van der Waals surface area contributed by atoms with E-state index < -0.39 is 17.7 Å². The number of anilines is 1. The van der Waals surface area contributed by atoms with Gasteiger partial charge in [0.15, 0.2) is 0 Å². The molecule has 4 N–H and O–H groups in total. The summed E-state index contributed by atoms with van der Waals surface area (Å²) in [5.74, 6) is -0.323. The molecule has 0 heterocycles. The molecular weight excluding hydrogens is 338 g/mol. The van der Waals surface area contributed by atoms with Gasteiger partial charge in [0.25, 0.3) is 6.47 Å². The second-order valence-corrected chi connectivity index (χ2v) is 6.77. The lowest BCUT2D eigenvalue weighted by atomic mass is 10.1. The van der Waals surface area contributed by atoms with Gasteiger partial charge in [-0.25, -0.2) is 4.79 Å². The molecule has 8 nitrogen and oxygen atoms in total. The van der Waals surface area contributed by atoms with Crippen LogP contribution in [0.3, 0.4) is 0 Å². The third-order valence-electron chi connectivity index (χ3n) is 3.21. The van der Waals surface area contributed by atoms with Gasteiger partial charge in [-0.05, 0) is 51.3 Å². The molecule has 0 radical (unpaired) electrons. The maximum atomic E-state index is 12.1. The first-order valence-corrected chi connectivity index (χ1v) is 8.39. The van der Waals surface area contributed by atoms with Crippen LogP contribution in [0.4, 0.5) is 10.5 Å². The largest absolute Gasteiger partial charge is 0.463 e. The van der Waals surface area contributed by atoms with E-state index in [4.69, 9.17) is 10.5 Å². The Bertz CT molecular complexity index is 613. The summed E-state index contributed by atoms with van der Waals surface area (Å²) in [6.07, 6.45) is 0.459. The van der Waals surface area contributed by atoms with E-state index >= 15 is 0 Å². The van der Waals surface area contributed by atoms with Crippen molar-refractivity contribution in [2.45, 2.75) is 51.9 Å². The normalized spacial score (nSPS) is 12.0. The van der Waals surface area contributed by atoms with Crippen LogP contribution in [-0.2, 0) is 25.7 Å². The van der Waals surface area contributed by atoms with Crippen molar-refractivity contribution in [3.8, 4) is 0 Å². The molecule has 144 valence electrons. The second-order valence-electron chi connectivity index (χ2n) is 6.77. The summed E-state index contributed by atoms with van der Waals surface area (Å²) in [5, 5.41) is 5.34. The molecule has 0 saturated heterocycles. The number of rotatable bonds is 9. The zero-order chi connectivity index (χ0) is 19.6. The molecule has 0 fully saturated rings. The second kappa shape index (κ2) is 10.4. The number of hydrogen-bond acceptors (Lipinski definition) is 6.